The Morgan fingerprint density at radius 3 is 2.46 bits per heavy atom. The van der Waals surface area contributed by atoms with Gasteiger partial charge in [0.1, 0.15) is 5.75 Å². The number of nitrogens with zero attached hydrogens (tertiary/aromatic N) is 3. The fourth-order valence-corrected chi connectivity index (χ4v) is 2.54. The largest absolute Gasteiger partial charge is 0.494 e. The van der Waals surface area contributed by atoms with Crippen LogP contribution in [0, 0.1) is 4.77 Å². The minimum atomic E-state index is -4.37. The maximum atomic E-state index is 12.6. The molecule has 2 N–H and O–H groups in total. The Hall–Kier alpha value is -3.14. The molecule has 0 atom stereocenters. The Kier molecular flexibility index (Phi) is 5.78. The first-order chi connectivity index (χ1) is 13.4. The highest BCUT2D eigenvalue weighted by molar-refractivity contribution is 7.71. The predicted molar refractivity (Wildman–Crippen MR) is 102 cm³/mol. The summed E-state index contributed by atoms with van der Waals surface area (Å²) in [4.78, 5) is 0. The Morgan fingerprint density at radius 2 is 1.86 bits per heavy atom. The Bertz CT molecular complexity index is 1010. The van der Waals surface area contributed by atoms with Gasteiger partial charge in [-0.3, -0.25) is 0 Å². The minimum Gasteiger partial charge on any atom is -0.494 e. The van der Waals surface area contributed by atoms with E-state index in [-0.39, 0.29) is 4.77 Å². The van der Waals surface area contributed by atoms with Crippen LogP contribution < -0.4 is 10.3 Å². The molecule has 10 heteroatoms. The van der Waals surface area contributed by atoms with E-state index in [9.17, 15) is 13.2 Å². The summed E-state index contributed by atoms with van der Waals surface area (Å²) in [7, 11) is 0. The summed E-state index contributed by atoms with van der Waals surface area (Å²) < 4.78 is 44.9. The lowest BCUT2D eigenvalue weighted by Gasteiger charge is -2.07. The van der Waals surface area contributed by atoms with Crippen molar-refractivity contribution in [3.63, 3.8) is 0 Å². The lowest BCUT2D eigenvalue weighted by Crippen LogP contribution is -2.10. The van der Waals surface area contributed by atoms with Crippen molar-refractivity contribution < 1.29 is 17.9 Å². The molecule has 0 unspecified atom stereocenters. The number of hydrogen-bond acceptors (Lipinski definition) is 5. The lowest BCUT2D eigenvalue weighted by atomic mass is 10.1. The molecule has 0 aliphatic heterocycles. The molecule has 0 fully saturated rings. The molecule has 0 saturated heterocycles. The van der Waals surface area contributed by atoms with E-state index in [1.165, 1.54) is 23.0 Å². The molecule has 0 bridgehead atoms. The van der Waals surface area contributed by atoms with Crippen molar-refractivity contribution in [2.24, 2.45) is 5.10 Å². The van der Waals surface area contributed by atoms with E-state index >= 15 is 0 Å². The third kappa shape index (κ3) is 4.58. The van der Waals surface area contributed by atoms with Crippen LogP contribution >= 0.6 is 12.2 Å². The summed E-state index contributed by atoms with van der Waals surface area (Å²) in [5.41, 5.74) is 3.28. The number of aromatic amines is 1. The molecule has 1 heterocycles. The zero-order chi connectivity index (χ0) is 20.1. The van der Waals surface area contributed by atoms with Crippen molar-refractivity contribution in [2.45, 2.75) is 13.1 Å². The van der Waals surface area contributed by atoms with Crippen LogP contribution in [0.3, 0.4) is 0 Å². The van der Waals surface area contributed by atoms with Crippen LogP contribution in [0.2, 0.25) is 0 Å². The van der Waals surface area contributed by atoms with Gasteiger partial charge in [0.05, 0.1) is 18.4 Å². The lowest BCUT2D eigenvalue weighted by molar-refractivity contribution is -0.137. The molecule has 146 valence electrons. The van der Waals surface area contributed by atoms with Gasteiger partial charge in [0, 0.05) is 5.56 Å². The molecule has 3 aromatic rings. The smallest absolute Gasteiger partial charge is 0.416 e. The topological polar surface area (TPSA) is 67.2 Å². The molecule has 3 rings (SSSR count). The van der Waals surface area contributed by atoms with Gasteiger partial charge in [0.2, 0.25) is 4.77 Å². The number of hydrogen-bond donors (Lipinski definition) is 2. The number of benzene rings is 2. The summed E-state index contributed by atoms with van der Waals surface area (Å²) in [6, 6.07) is 11.9. The highest BCUT2D eigenvalue weighted by Crippen LogP contribution is 2.28. The SMILES string of the molecule is CCOc1ccc(-c2n[nH]c(=S)n2N/N=C\c2ccc(C(F)(F)F)cc2)cc1. The van der Waals surface area contributed by atoms with E-state index in [4.69, 9.17) is 17.0 Å². The maximum Gasteiger partial charge on any atom is 0.416 e. The second-order valence-electron chi connectivity index (χ2n) is 5.62. The number of nitrogens with one attached hydrogen (secondary N) is 2. The first-order valence-corrected chi connectivity index (χ1v) is 8.66. The van der Waals surface area contributed by atoms with E-state index in [0.717, 1.165) is 23.4 Å². The number of alkyl halides is 3. The fraction of sp³-hybridized carbons (Fsp3) is 0.167. The predicted octanol–water partition coefficient (Wildman–Crippen LogP) is 4.60. The van der Waals surface area contributed by atoms with E-state index < -0.39 is 11.7 Å². The van der Waals surface area contributed by atoms with Gasteiger partial charge in [0.15, 0.2) is 5.82 Å². The van der Waals surface area contributed by atoms with Crippen molar-refractivity contribution in [2.75, 3.05) is 12.1 Å². The summed E-state index contributed by atoms with van der Waals surface area (Å²) in [6.45, 7) is 2.47. The standard InChI is InChI=1S/C18H16F3N5OS/c1-2-27-15-9-5-13(6-10-15)16-23-24-17(28)26(16)25-22-11-12-3-7-14(8-4-12)18(19,20)21/h3-11,25H,2H2,1H3,(H,24,28)/b22-11-. The summed E-state index contributed by atoms with van der Waals surface area (Å²) in [5, 5.41) is 10.9. The molecule has 0 aliphatic rings. The third-order valence-electron chi connectivity index (χ3n) is 3.71. The van der Waals surface area contributed by atoms with Gasteiger partial charge in [-0.25, -0.2) is 10.6 Å². The molecule has 0 radical (unpaired) electrons. The quantitative estimate of drug-likeness (QED) is 0.356. The minimum absolute atomic E-state index is 0.286. The van der Waals surface area contributed by atoms with E-state index in [2.05, 4.69) is 20.8 Å². The number of halogens is 3. The second kappa shape index (κ2) is 8.26. The van der Waals surface area contributed by atoms with Crippen molar-refractivity contribution in [3.05, 3.63) is 64.4 Å². The number of rotatable bonds is 6. The normalized spacial score (nSPS) is 11.7. The second-order valence-corrected chi connectivity index (χ2v) is 6.01. The molecule has 0 saturated carbocycles. The maximum absolute atomic E-state index is 12.6. The first kappa shape index (κ1) is 19.6. The molecule has 28 heavy (non-hydrogen) atoms. The van der Waals surface area contributed by atoms with Gasteiger partial charge in [-0.15, -0.1) is 0 Å². The molecule has 2 aromatic carbocycles. The molecular weight excluding hydrogens is 391 g/mol. The van der Waals surface area contributed by atoms with Crippen LogP contribution in [0.4, 0.5) is 13.2 Å². The molecule has 0 amide bonds. The summed E-state index contributed by atoms with van der Waals surface area (Å²) in [5.74, 6) is 1.23. The van der Waals surface area contributed by atoms with Crippen molar-refractivity contribution in [3.8, 4) is 17.1 Å². The molecule has 0 spiro atoms. The number of hydrazone groups is 1. The highest BCUT2D eigenvalue weighted by Gasteiger charge is 2.29. The number of H-pyrrole nitrogens is 1. The van der Waals surface area contributed by atoms with E-state index in [1.807, 2.05) is 31.2 Å². The molecular formula is C18H16F3N5OS. The van der Waals surface area contributed by atoms with Gasteiger partial charge in [-0.05, 0) is 61.1 Å². The fourth-order valence-electron chi connectivity index (χ4n) is 2.37. The highest BCUT2D eigenvalue weighted by atomic mass is 32.1. The first-order valence-electron chi connectivity index (χ1n) is 8.25. The van der Waals surface area contributed by atoms with Gasteiger partial charge in [0.25, 0.3) is 0 Å². The average Bonchev–Trinajstić information content (AvgIpc) is 3.03. The van der Waals surface area contributed by atoms with Gasteiger partial charge >= 0.3 is 6.18 Å². The van der Waals surface area contributed by atoms with Crippen LogP contribution in [-0.4, -0.2) is 27.7 Å². The van der Waals surface area contributed by atoms with Gasteiger partial charge in [-0.1, -0.05) is 12.1 Å². The zero-order valence-electron chi connectivity index (χ0n) is 14.7. The molecule has 6 nitrogen and oxygen atoms in total. The number of ether oxygens (including phenoxy) is 1. The summed E-state index contributed by atoms with van der Waals surface area (Å²) in [6.07, 6.45) is -2.98. The summed E-state index contributed by atoms with van der Waals surface area (Å²) >= 11 is 5.19. The van der Waals surface area contributed by atoms with Crippen LogP contribution in [0.25, 0.3) is 11.4 Å². The molecule has 1 aromatic heterocycles. The third-order valence-corrected chi connectivity index (χ3v) is 3.98. The van der Waals surface area contributed by atoms with Crippen molar-refractivity contribution >= 4 is 18.4 Å². The van der Waals surface area contributed by atoms with E-state index in [0.29, 0.717) is 18.0 Å². The monoisotopic (exact) mass is 407 g/mol. The van der Waals surface area contributed by atoms with Crippen LogP contribution in [0.1, 0.15) is 18.1 Å². The van der Waals surface area contributed by atoms with Gasteiger partial charge < -0.3 is 4.74 Å². The Balaban J connectivity index is 1.75. The Labute approximate surface area is 163 Å². The average molecular weight is 407 g/mol. The molecule has 0 aliphatic carbocycles. The van der Waals surface area contributed by atoms with Crippen molar-refractivity contribution in [1.29, 1.82) is 0 Å². The van der Waals surface area contributed by atoms with Crippen molar-refractivity contribution in [1.82, 2.24) is 14.9 Å². The van der Waals surface area contributed by atoms with E-state index in [1.54, 1.807) is 0 Å². The Morgan fingerprint density at radius 1 is 1.18 bits per heavy atom. The van der Waals surface area contributed by atoms with Crippen LogP contribution in [0.5, 0.6) is 5.75 Å². The number of aromatic nitrogens is 3. The van der Waals surface area contributed by atoms with Crippen LogP contribution in [-0.2, 0) is 6.18 Å². The van der Waals surface area contributed by atoms with Crippen LogP contribution in [0.15, 0.2) is 53.6 Å². The zero-order valence-corrected chi connectivity index (χ0v) is 15.5. The van der Waals surface area contributed by atoms with Gasteiger partial charge in [-0.2, -0.15) is 28.0 Å².